The Morgan fingerprint density at radius 2 is 1.89 bits per heavy atom. The molecule has 102 valence electrons. The molecule has 0 amide bonds. The van der Waals surface area contributed by atoms with Gasteiger partial charge < -0.3 is 0 Å². The number of rotatable bonds is 8. The molecule has 1 aromatic heterocycles. The molecule has 1 heterocycles. The number of imidazole rings is 1. The molecular formula is C17H25N2+. The van der Waals surface area contributed by atoms with Crippen LogP contribution in [0.15, 0.2) is 49.1 Å². The molecule has 0 fully saturated rings. The third kappa shape index (κ3) is 4.90. The Labute approximate surface area is 116 Å². The largest absolute Gasteiger partial charge is 0.243 e. The topological polar surface area (TPSA) is 8.81 Å². The average Bonchev–Trinajstić information content (AvgIpc) is 2.88. The van der Waals surface area contributed by atoms with Gasteiger partial charge in [0.15, 0.2) is 0 Å². The second-order valence-corrected chi connectivity index (χ2v) is 5.19. The first-order chi connectivity index (χ1) is 9.38. The van der Waals surface area contributed by atoms with Crippen molar-refractivity contribution in [2.24, 2.45) is 0 Å². The van der Waals surface area contributed by atoms with Gasteiger partial charge in [-0.15, -0.1) is 0 Å². The van der Waals surface area contributed by atoms with E-state index in [1.807, 2.05) is 0 Å². The minimum Gasteiger partial charge on any atom is -0.237 e. The monoisotopic (exact) mass is 257 g/mol. The summed E-state index contributed by atoms with van der Waals surface area (Å²) in [5.41, 5.74) is 1.44. The van der Waals surface area contributed by atoms with Crippen LogP contribution in [0.3, 0.4) is 0 Å². The second kappa shape index (κ2) is 7.78. The van der Waals surface area contributed by atoms with Gasteiger partial charge in [-0.05, 0) is 31.2 Å². The van der Waals surface area contributed by atoms with Crippen molar-refractivity contribution in [3.8, 4) is 0 Å². The van der Waals surface area contributed by atoms with Crippen LogP contribution < -0.4 is 4.57 Å². The molecule has 0 aliphatic heterocycles. The Morgan fingerprint density at radius 1 is 1.05 bits per heavy atom. The van der Waals surface area contributed by atoms with Crippen molar-refractivity contribution in [2.75, 3.05) is 0 Å². The summed E-state index contributed by atoms with van der Waals surface area (Å²) < 4.78 is 4.60. The smallest absolute Gasteiger partial charge is 0.237 e. The molecule has 0 N–H and O–H groups in total. The highest BCUT2D eigenvalue weighted by Gasteiger charge is 2.03. The van der Waals surface area contributed by atoms with Crippen molar-refractivity contribution >= 4 is 0 Å². The molecule has 0 aliphatic carbocycles. The lowest BCUT2D eigenvalue weighted by Gasteiger charge is -1.99. The standard InChI is InChI=1S/C17H25N2/c1-2-3-7-12-18-14-15-19(16-18)13-8-11-17-9-5-4-6-10-17/h4-6,9-10,14-16H,2-3,7-8,11-13H2,1H3/q+1. The average molecular weight is 257 g/mol. The fraction of sp³-hybridized carbons (Fsp3) is 0.471. The van der Waals surface area contributed by atoms with E-state index in [0.29, 0.717) is 0 Å². The molecule has 0 saturated heterocycles. The van der Waals surface area contributed by atoms with Crippen LogP contribution in [0.4, 0.5) is 0 Å². The summed E-state index contributed by atoms with van der Waals surface area (Å²) in [5.74, 6) is 0. The highest BCUT2D eigenvalue weighted by atomic mass is 15.1. The van der Waals surface area contributed by atoms with Crippen molar-refractivity contribution in [2.45, 2.75) is 52.1 Å². The van der Waals surface area contributed by atoms with Crippen molar-refractivity contribution < 1.29 is 4.57 Å². The maximum Gasteiger partial charge on any atom is 0.243 e. The van der Waals surface area contributed by atoms with E-state index in [1.165, 1.54) is 31.2 Å². The Hall–Kier alpha value is -1.57. The normalized spacial score (nSPS) is 10.8. The molecule has 2 heteroatoms. The Kier molecular flexibility index (Phi) is 5.67. The fourth-order valence-electron chi connectivity index (χ4n) is 2.36. The molecule has 0 radical (unpaired) electrons. The van der Waals surface area contributed by atoms with E-state index in [0.717, 1.165) is 19.5 Å². The summed E-state index contributed by atoms with van der Waals surface area (Å²) in [7, 11) is 0. The zero-order chi connectivity index (χ0) is 13.3. The molecule has 0 atom stereocenters. The highest BCUT2D eigenvalue weighted by molar-refractivity contribution is 5.14. The van der Waals surface area contributed by atoms with Gasteiger partial charge in [0.1, 0.15) is 12.4 Å². The van der Waals surface area contributed by atoms with Gasteiger partial charge in [0.25, 0.3) is 0 Å². The lowest BCUT2D eigenvalue weighted by atomic mass is 10.1. The maximum absolute atomic E-state index is 2.30. The van der Waals surface area contributed by atoms with E-state index < -0.39 is 0 Å². The van der Waals surface area contributed by atoms with Crippen LogP contribution in [-0.4, -0.2) is 4.57 Å². The SMILES string of the molecule is CCCCCn1cc[n+](CCCc2ccccc2)c1. The van der Waals surface area contributed by atoms with E-state index in [2.05, 4.69) is 65.1 Å². The number of nitrogens with zero attached hydrogens (tertiary/aromatic N) is 2. The number of hydrogen-bond acceptors (Lipinski definition) is 0. The van der Waals surface area contributed by atoms with Gasteiger partial charge >= 0.3 is 0 Å². The van der Waals surface area contributed by atoms with Crippen molar-refractivity contribution in [3.05, 3.63) is 54.6 Å². The van der Waals surface area contributed by atoms with E-state index in [1.54, 1.807) is 0 Å². The molecule has 2 nitrogen and oxygen atoms in total. The summed E-state index contributed by atoms with van der Waals surface area (Å²) in [6, 6.07) is 10.7. The lowest BCUT2D eigenvalue weighted by Crippen LogP contribution is -2.31. The summed E-state index contributed by atoms with van der Waals surface area (Å²) in [4.78, 5) is 0. The van der Waals surface area contributed by atoms with E-state index in [9.17, 15) is 0 Å². The van der Waals surface area contributed by atoms with E-state index >= 15 is 0 Å². The summed E-state index contributed by atoms with van der Waals surface area (Å²) in [6.45, 7) is 4.51. The maximum atomic E-state index is 2.30. The molecule has 0 aliphatic rings. The molecular weight excluding hydrogens is 232 g/mol. The number of benzene rings is 1. The van der Waals surface area contributed by atoms with E-state index in [-0.39, 0.29) is 0 Å². The third-order valence-corrected chi connectivity index (χ3v) is 3.49. The molecule has 2 rings (SSSR count). The molecule has 1 aromatic carbocycles. The molecule has 19 heavy (non-hydrogen) atoms. The Bertz CT molecular complexity index is 459. The predicted octanol–water partition coefficient (Wildman–Crippen LogP) is 3.60. The van der Waals surface area contributed by atoms with Gasteiger partial charge in [-0.25, -0.2) is 9.13 Å². The van der Waals surface area contributed by atoms with Crippen LogP contribution in [-0.2, 0) is 19.5 Å². The van der Waals surface area contributed by atoms with Gasteiger partial charge in [-0.2, -0.15) is 0 Å². The van der Waals surface area contributed by atoms with Crippen molar-refractivity contribution in [1.29, 1.82) is 0 Å². The van der Waals surface area contributed by atoms with Crippen LogP contribution >= 0.6 is 0 Å². The van der Waals surface area contributed by atoms with Gasteiger partial charge in [0.2, 0.25) is 6.33 Å². The summed E-state index contributed by atoms with van der Waals surface area (Å²) >= 11 is 0. The molecule has 0 bridgehead atoms. The van der Waals surface area contributed by atoms with Gasteiger partial charge in [0.05, 0.1) is 13.1 Å². The molecule has 0 saturated carbocycles. The number of hydrogen-bond donors (Lipinski definition) is 0. The van der Waals surface area contributed by atoms with Gasteiger partial charge in [0, 0.05) is 0 Å². The van der Waals surface area contributed by atoms with Crippen LogP contribution in [0.1, 0.15) is 38.2 Å². The predicted molar refractivity (Wildman–Crippen MR) is 78.9 cm³/mol. The first kappa shape index (κ1) is 13.9. The number of aryl methyl sites for hydroxylation is 3. The quantitative estimate of drug-likeness (QED) is 0.505. The fourth-order valence-corrected chi connectivity index (χ4v) is 2.36. The first-order valence-electron chi connectivity index (χ1n) is 7.47. The third-order valence-electron chi connectivity index (χ3n) is 3.49. The van der Waals surface area contributed by atoms with Crippen molar-refractivity contribution in [1.82, 2.24) is 4.57 Å². The van der Waals surface area contributed by atoms with Gasteiger partial charge in [-0.1, -0.05) is 43.7 Å². The van der Waals surface area contributed by atoms with Crippen LogP contribution in [0.25, 0.3) is 0 Å². The van der Waals surface area contributed by atoms with Gasteiger partial charge in [-0.3, -0.25) is 0 Å². The minimum absolute atomic E-state index is 1.11. The zero-order valence-corrected chi connectivity index (χ0v) is 12.0. The van der Waals surface area contributed by atoms with Crippen LogP contribution in [0.5, 0.6) is 0 Å². The molecule has 0 spiro atoms. The summed E-state index contributed by atoms with van der Waals surface area (Å²) in [5, 5.41) is 0. The Balaban J connectivity index is 1.71. The van der Waals surface area contributed by atoms with Crippen molar-refractivity contribution in [3.63, 3.8) is 0 Å². The molecule has 0 unspecified atom stereocenters. The van der Waals surface area contributed by atoms with E-state index in [4.69, 9.17) is 0 Å². The second-order valence-electron chi connectivity index (χ2n) is 5.19. The lowest BCUT2D eigenvalue weighted by molar-refractivity contribution is -0.696. The highest BCUT2D eigenvalue weighted by Crippen LogP contribution is 2.02. The number of aromatic nitrogens is 2. The van der Waals surface area contributed by atoms with Crippen LogP contribution in [0.2, 0.25) is 0 Å². The number of unbranched alkanes of at least 4 members (excludes halogenated alkanes) is 2. The Morgan fingerprint density at radius 3 is 2.68 bits per heavy atom. The molecule has 2 aromatic rings. The summed E-state index contributed by atoms with van der Waals surface area (Å²) in [6.07, 6.45) is 12.9. The first-order valence-corrected chi connectivity index (χ1v) is 7.47. The zero-order valence-electron chi connectivity index (χ0n) is 12.0. The van der Waals surface area contributed by atoms with Crippen LogP contribution in [0, 0.1) is 0 Å². The minimum atomic E-state index is 1.11.